The highest BCUT2D eigenvalue weighted by atomic mass is 16.5. The van der Waals surface area contributed by atoms with Crippen molar-refractivity contribution in [3.05, 3.63) is 48.2 Å². The lowest BCUT2D eigenvalue weighted by molar-refractivity contribution is -0.141. The quantitative estimate of drug-likeness (QED) is 0.833. The second kappa shape index (κ2) is 6.04. The second-order valence-corrected chi connectivity index (χ2v) is 4.27. The van der Waals surface area contributed by atoms with Crippen LogP contribution in [-0.2, 0) is 16.1 Å². The average molecular weight is 259 g/mol. The van der Waals surface area contributed by atoms with Crippen LogP contribution in [0.3, 0.4) is 0 Å². The Morgan fingerprint density at radius 1 is 1.37 bits per heavy atom. The van der Waals surface area contributed by atoms with Gasteiger partial charge in [-0.2, -0.15) is 5.10 Å². The molecule has 0 unspecified atom stereocenters. The highest BCUT2D eigenvalue weighted by molar-refractivity contribution is 5.78. The van der Waals surface area contributed by atoms with Gasteiger partial charge >= 0.3 is 5.97 Å². The third kappa shape index (κ3) is 3.58. The zero-order chi connectivity index (χ0) is 13.7. The van der Waals surface area contributed by atoms with Gasteiger partial charge in [0.1, 0.15) is 11.9 Å². The van der Waals surface area contributed by atoms with E-state index in [1.807, 2.05) is 47.3 Å². The van der Waals surface area contributed by atoms with Gasteiger partial charge in [-0.3, -0.25) is 4.68 Å². The Morgan fingerprint density at radius 2 is 2.11 bits per heavy atom. The number of ether oxygens (including phenoxy) is 1. The van der Waals surface area contributed by atoms with E-state index in [0.717, 1.165) is 0 Å². The topological polar surface area (TPSA) is 56.1 Å². The number of hydrogen-bond donors (Lipinski definition) is 1. The summed E-state index contributed by atoms with van der Waals surface area (Å²) >= 11 is 0. The minimum atomic E-state index is -0.412. The van der Waals surface area contributed by atoms with Crippen LogP contribution in [0, 0.1) is 0 Å². The lowest BCUT2D eigenvalue weighted by Crippen LogP contribution is -2.27. The Labute approximate surface area is 112 Å². The van der Waals surface area contributed by atoms with E-state index in [0.29, 0.717) is 12.4 Å². The van der Waals surface area contributed by atoms with Gasteiger partial charge in [0.15, 0.2) is 0 Å². The summed E-state index contributed by atoms with van der Waals surface area (Å²) < 4.78 is 6.47. The summed E-state index contributed by atoms with van der Waals surface area (Å²) in [6.07, 6.45) is 1.87. The first kappa shape index (κ1) is 13.1. The molecule has 0 saturated carbocycles. The van der Waals surface area contributed by atoms with Crippen LogP contribution >= 0.6 is 0 Å². The van der Waals surface area contributed by atoms with Crippen LogP contribution in [0.1, 0.15) is 12.5 Å². The SMILES string of the molecule is COC(=O)[C@H](C)Nc1ccn(Cc2ccccc2)n1. The summed E-state index contributed by atoms with van der Waals surface area (Å²) in [5.74, 6) is 0.353. The Morgan fingerprint density at radius 3 is 2.79 bits per heavy atom. The smallest absolute Gasteiger partial charge is 0.328 e. The first-order valence-corrected chi connectivity index (χ1v) is 6.11. The first-order chi connectivity index (χ1) is 9.19. The standard InChI is InChI=1S/C14H17N3O2/c1-11(14(18)19-2)15-13-8-9-17(16-13)10-12-6-4-3-5-7-12/h3-9,11H,10H2,1-2H3,(H,15,16)/t11-/m0/s1. The van der Waals surface area contributed by atoms with Gasteiger partial charge < -0.3 is 10.1 Å². The number of hydrogen-bond acceptors (Lipinski definition) is 4. The molecule has 0 radical (unpaired) electrons. The molecule has 0 aliphatic rings. The Balaban J connectivity index is 1.98. The van der Waals surface area contributed by atoms with Crippen LogP contribution in [0.15, 0.2) is 42.6 Å². The number of nitrogens with zero attached hydrogens (tertiary/aromatic N) is 2. The molecule has 1 heterocycles. The van der Waals surface area contributed by atoms with Crippen LogP contribution in [0.25, 0.3) is 0 Å². The van der Waals surface area contributed by atoms with E-state index in [-0.39, 0.29) is 5.97 Å². The predicted molar refractivity (Wildman–Crippen MR) is 72.9 cm³/mol. The maximum Gasteiger partial charge on any atom is 0.328 e. The van der Waals surface area contributed by atoms with Crippen molar-refractivity contribution in [3.63, 3.8) is 0 Å². The number of methoxy groups -OCH3 is 1. The van der Waals surface area contributed by atoms with E-state index in [9.17, 15) is 4.79 Å². The number of rotatable bonds is 5. The van der Waals surface area contributed by atoms with Gasteiger partial charge in [0.25, 0.3) is 0 Å². The van der Waals surface area contributed by atoms with Crippen LogP contribution in [-0.4, -0.2) is 28.9 Å². The van der Waals surface area contributed by atoms with E-state index in [2.05, 4.69) is 15.2 Å². The van der Waals surface area contributed by atoms with E-state index in [1.54, 1.807) is 6.92 Å². The van der Waals surface area contributed by atoms with Crippen LogP contribution in [0.2, 0.25) is 0 Å². The van der Waals surface area contributed by atoms with Crippen LogP contribution in [0.4, 0.5) is 5.82 Å². The maximum absolute atomic E-state index is 11.3. The molecule has 2 aromatic rings. The molecule has 0 spiro atoms. The summed E-state index contributed by atoms with van der Waals surface area (Å²) in [6, 6.07) is 11.5. The van der Waals surface area contributed by atoms with Gasteiger partial charge in [0.2, 0.25) is 0 Å². The van der Waals surface area contributed by atoms with Gasteiger partial charge in [0.05, 0.1) is 13.7 Å². The molecule has 5 heteroatoms. The van der Waals surface area contributed by atoms with Crippen molar-refractivity contribution in [2.75, 3.05) is 12.4 Å². The molecule has 1 aromatic carbocycles. The average Bonchev–Trinajstić information content (AvgIpc) is 2.86. The fourth-order valence-corrected chi connectivity index (χ4v) is 1.75. The Kier molecular flexibility index (Phi) is 4.18. The summed E-state index contributed by atoms with van der Waals surface area (Å²) in [4.78, 5) is 11.3. The number of nitrogens with one attached hydrogen (secondary N) is 1. The monoisotopic (exact) mass is 259 g/mol. The van der Waals surface area contributed by atoms with Crippen molar-refractivity contribution in [2.45, 2.75) is 19.5 Å². The zero-order valence-corrected chi connectivity index (χ0v) is 11.0. The highest BCUT2D eigenvalue weighted by Crippen LogP contribution is 2.08. The minimum Gasteiger partial charge on any atom is -0.467 e. The van der Waals surface area contributed by atoms with Crippen LogP contribution in [0.5, 0.6) is 0 Å². The fourth-order valence-electron chi connectivity index (χ4n) is 1.75. The molecule has 1 N–H and O–H groups in total. The van der Waals surface area contributed by atoms with E-state index in [4.69, 9.17) is 0 Å². The molecule has 1 aromatic heterocycles. The number of carbonyl (C=O) groups excluding carboxylic acids is 1. The highest BCUT2D eigenvalue weighted by Gasteiger charge is 2.13. The van der Waals surface area contributed by atoms with E-state index < -0.39 is 6.04 Å². The third-order valence-corrected chi connectivity index (χ3v) is 2.75. The summed E-state index contributed by atoms with van der Waals surface area (Å²) in [7, 11) is 1.37. The third-order valence-electron chi connectivity index (χ3n) is 2.75. The van der Waals surface area contributed by atoms with Crippen molar-refractivity contribution in [1.82, 2.24) is 9.78 Å². The van der Waals surface area contributed by atoms with Crippen molar-refractivity contribution >= 4 is 11.8 Å². The van der Waals surface area contributed by atoms with E-state index in [1.165, 1.54) is 12.7 Å². The molecule has 0 bridgehead atoms. The largest absolute Gasteiger partial charge is 0.467 e. The molecule has 1 atom stereocenters. The number of benzene rings is 1. The lowest BCUT2D eigenvalue weighted by Gasteiger charge is -2.10. The summed E-state index contributed by atoms with van der Waals surface area (Å²) in [6.45, 7) is 2.44. The minimum absolute atomic E-state index is 0.308. The molecule has 100 valence electrons. The molecule has 0 amide bonds. The summed E-state index contributed by atoms with van der Waals surface area (Å²) in [5.41, 5.74) is 1.18. The number of anilines is 1. The van der Waals surface area contributed by atoms with Crippen LogP contribution < -0.4 is 5.32 Å². The molecular formula is C14H17N3O2. The normalized spacial score (nSPS) is 11.9. The molecular weight excluding hydrogens is 242 g/mol. The van der Waals surface area contributed by atoms with Gasteiger partial charge in [0, 0.05) is 12.3 Å². The number of carbonyl (C=O) groups is 1. The summed E-state index contributed by atoms with van der Waals surface area (Å²) in [5, 5.41) is 7.35. The Bertz CT molecular complexity index is 537. The maximum atomic E-state index is 11.3. The Hall–Kier alpha value is -2.30. The number of aromatic nitrogens is 2. The lowest BCUT2D eigenvalue weighted by atomic mass is 10.2. The van der Waals surface area contributed by atoms with Gasteiger partial charge in [-0.15, -0.1) is 0 Å². The van der Waals surface area contributed by atoms with E-state index >= 15 is 0 Å². The molecule has 0 saturated heterocycles. The van der Waals surface area contributed by atoms with Gasteiger partial charge in [-0.1, -0.05) is 30.3 Å². The molecule has 2 rings (SSSR count). The molecule has 5 nitrogen and oxygen atoms in total. The van der Waals surface area contributed by atoms with Crippen molar-refractivity contribution in [1.29, 1.82) is 0 Å². The van der Waals surface area contributed by atoms with Crippen molar-refractivity contribution in [2.24, 2.45) is 0 Å². The predicted octanol–water partition coefficient (Wildman–Crippen LogP) is 1.90. The zero-order valence-electron chi connectivity index (χ0n) is 11.0. The van der Waals surface area contributed by atoms with Gasteiger partial charge in [-0.05, 0) is 12.5 Å². The molecule has 0 aliphatic carbocycles. The molecule has 19 heavy (non-hydrogen) atoms. The molecule has 0 aliphatic heterocycles. The second-order valence-electron chi connectivity index (χ2n) is 4.27. The van der Waals surface area contributed by atoms with Crippen molar-refractivity contribution < 1.29 is 9.53 Å². The van der Waals surface area contributed by atoms with Crippen molar-refractivity contribution in [3.8, 4) is 0 Å². The molecule has 0 fully saturated rings. The fraction of sp³-hybridized carbons (Fsp3) is 0.286. The van der Waals surface area contributed by atoms with Gasteiger partial charge in [-0.25, -0.2) is 4.79 Å². The number of esters is 1. The first-order valence-electron chi connectivity index (χ1n) is 6.11.